The van der Waals surface area contributed by atoms with Crippen LogP contribution in [0.4, 0.5) is 0 Å². The van der Waals surface area contributed by atoms with Crippen molar-refractivity contribution >= 4 is 5.97 Å². The Kier molecular flexibility index (Phi) is 35.3. The first kappa shape index (κ1) is 56.1. The molecule has 0 heterocycles. The summed E-state index contributed by atoms with van der Waals surface area (Å²) in [6.45, 7) is 21.6. The Labute approximate surface area is 388 Å². The van der Waals surface area contributed by atoms with Crippen molar-refractivity contribution in [1.29, 1.82) is 0 Å². The van der Waals surface area contributed by atoms with Gasteiger partial charge in [-0.25, -0.2) is 0 Å². The molecule has 4 aliphatic carbocycles. The summed E-state index contributed by atoms with van der Waals surface area (Å²) in [7, 11) is 0. The Bertz CT molecular complexity index is 890. The summed E-state index contributed by atoms with van der Waals surface area (Å²) < 4.78 is 13.0. The zero-order chi connectivity index (χ0) is 41.5. The predicted molar refractivity (Wildman–Crippen MR) is 248 cm³/mol. The van der Waals surface area contributed by atoms with Gasteiger partial charge >= 0.3 is 5.97 Å². The molecule has 3 nitrogen and oxygen atoms in total. The number of carbonyl (C=O) groups excluding carboxylic acids is 1. The van der Waals surface area contributed by atoms with Crippen LogP contribution in [0, 0.1) is 79.1 Å². The van der Waals surface area contributed by atoms with Crippen molar-refractivity contribution in [2.75, 3.05) is 0 Å². The molecule has 4 fully saturated rings. The van der Waals surface area contributed by atoms with Crippen molar-refractivity contribution in [2.45, 2.75) is 285 Å². The Hall–Kier alpha value is 0.0619. The molecule has 0 aromatic carbocycles. The molecule has 0 radical (unpaired) electrons. The maximum Gasteiger partial charge on any atom is 0.306 e. The maximum atomic E-state index is 13.1. The van der Waals surface area contributed by atoms with Gasteiger partial charge in [-0.1, -0.05) is 183 Å². The van der Waals surface area contributed by atoms with Crippen LogP contribution in [-0.4, -0.2) is 18.2 Å². The van der Waals surface area contributed by atoms with E-state index in [1.165, 1.54) is 180 Å². The van der Waals surface area contributed by atoms with Crippen LogP contribution in [0.1, 0.15) is 273 Å². The fraction of sp³-hybridized carbons (Fsp3) is 0.944. The van der Waals surface area contributed by atoms with Crippen molar-refractivity contribution in [3.8, 4) is 0 Å². The molecule has 58 heavy (non-hydrogen) atoms. The minimum atomic E-state index is 0. The van der Waals surface area contributed by atoms with Crippen LogP contribution in [-0.2, 0) is 14.3 Å². The van der Waals surface area contributed by atoms with Gasteiger partial charge in [0.1, 0.15) is 6.10 Å². The topological polar surface area (TPSA) is 35.5 Å². The SMILES string of the molecule is CC.CC.[CH-]=C(CCCC(CCCC)CCCC(=O)OC(CCCCCCC)CCCCCCC)OC(CC1CC2CCCCC2C1)CC1CC2CCCCC2C1.[U]. The van der Waals surface area contributed by atoms with Gasteiger partial charge in [-0.05, 0) is 131 Å². The molecule has 5 unspecified atom stereocenters. The van der Waals surface area contributed by atoms with Crippen LogP contribution in [0.25, 0.3) is 0 Å². The Morgan fingerprint density at radius 1 is 0.500 bits per heavy atom. The van der Waals surface area contributed by atoms with E-state index in [9.17, 15) is 4.79 Å². The summed E-state index contributed by atoms with van der Waals surface area (Å²) in [6.07, 6.45) is 45.0. The molecule has 0 bridgehead atoms. The van der Waals surface area contributed by atoms with Gasteiger partial charge in [0.15, 0.2) is 0 Å². The summed E-state index contributed by atoms with van der Waals surface area (Å²) in [4.78, 5) is 13.1. The van der Waals surface area contributed by atoms with Crippen molar-refractivity contribution in [3.05, 3.63) is 12.3 Å². The van der Waals surface area contributed by atoms with E-state index in [0.717, 1.165) is 79.8 Å². The summed E-state index contributed by atoms with van der Waals surface area (Å²) in [5.74, 6) is 7.21. The van der Waals surface area contributed by atoms with Crippen LogP contribution in [0.3, 0.4) is 0 Å². The molecule has 0 amide bonds. The van der Waals surface area contributed by atoms with Crippen molar-refractivity contribution in [1.82, 2.24) is 0 Å². The third-order valence-corrected chi connectivity index (χ3v) is 14.7. The maximum absolute atomic E-state index is 13.1. The zero-order valence-corrected chi connectivity index (χ0v) is 44.4. The first-order valence-electron chi connectivity index (χ1n) is 26.4. The predicted octanol–water partition coefficient (Wildman–Crippen LogP) is 17.7. The van der Waals surface area contributed by atoms with E-state index in [-0.39, 0.29) is 43.2 Å². The first-order valence-corrected chi connectivity index (χ1v) is 26.4. The summed E-state index contributed by atoms with van der Waals surface area (Å²) in [5.41, 5.74) is 0. The van der Waals surface area contributed by atoms with Crippen LogP contribution in [0.15, 0.2) is 5.76 Å². The largest absolute Gasteiger partial charge is 0.532 e. The molecule has 4 aliphatic rings. The van der Waals surface area contributed by atoms with Gasteiger partial charge in [0.25, 0.3) is 0 Å². The van der Waals surface area contributed by atoms with Gasteiger partial charge in [0.2, 0.25) is 0 Å². The monoisotopic (exact) mass is 1040 g/mol. The van der Waals surface area contributed by atoms with E-state index in [1.54, 1.807) is 0 Å². The quantitative estimate of drug-likeness (QED) is 0.0311. The number of allylic oxidation sites excluding steroid dienone is 1. The molecular weight excluding hydrogens is 935 g/mol. The Balaban J connectivity index is 0.00000326. The zero-order valence-electron chi connectivity index (χ0n) is 40.2. The summed E-state index contributed by atoms with van der Waals surface area (Å²) >= 11 is 0. The van der Waals surface area contributed by atoms with Crippen molar-refractivity contribution in [3.63, 3.8) is 0 Å². The molecule has 0 saturated heterocycles. The summed E-state index contributed by atoms with van der Waals surface area (Å²) in [5, 5.41) is 0. The summed E-state index contributed by atoms with van der Waals surface area (Å²) in [6, 6.07) is 0. The molecule has 0 aromatic heterocycles. The van der Waals surface area contributed by atoms with Gasteiger partial charge in [-0.2, -0.15) is 0 Å². The number of hydrogen-bond donors (Lipinski definition) is 0. The molecule has 5 atom stereocenters. The molecule has 340 valence electrons. The van der Waals surface area contributed by atoms with Gasteiger partial charge in [0.05, 0.1) is 6.10 Å². The Morgan fingerprint density at radius 3 is 1.33 bits per heavy atom. The molecule has 4 heteroatoms. The van der Waals surface area contributed by atoms with E-state index in [2.05, 4.69) is 20.8 Å². The third-order valence-electron chi connectivity index (χ3n) is 14.7. The van der Waals surface area contributed by atoms with Crippen molar-refractivity contribution in [2.24, 2.45) is 41.4 Å². The minimum Gasteiger partial charge on any atom is -0.532 e. The molecule has 0 N–H and O–H groups in total. The molecule has 0 aliphatic heterocycles. The number of fused-ring (bicyclic) bond motifs is 2. The fourth-order valence-electron chi connectivity index (χ4n) is 11.8. The van der Waals surface area contributed by atoms with E-state index in [0.29, 0.717) is 18.4 Å². The van der Waals surface area contributed by atoms with Gasteiger partial charge in [0, 0.05) is 37.5 Å². The van der Waals surface area contributed by atoms with Crippen LogP contribution < -0.4 is 0 Å². The second kappa shape index (κ2) is 36.5. The second-order valence-corrected chi connectivity index (χ2v) is 19.3. The molecule has 0 spiro atoms. The number of unbranched alkanes of at least 4 members (excludes halogenated alkanes) is 9. The third kappa shape index (κ3) is 24.1. The molecule has 4 rings (SSSR count). The number of esters is 1. The van der Waals surface area contributed by atoms with E-state index < -0.39 is 0 Å². The fourth-order valence-corrected chi connectivity index (χ4v) is 11.8. The first-order chi connectivity index (χ1) is 28.0. The van der Waals surface area contributed by atoms with Gasteiger partial charge < -0.3 is 16.1 Å². The van der Waals surface area contributed by atoms with Crippen LogP contribution >= 0.6 is 0 Å². The standard InChI is InChI=1S/C50H89O3.2C2H6.U/c1-5-8-11-13-15-31-48(32-16-14-12-9-6-2)53-50(51)33-22-26-41(24-10-7-3)25-21-23-40(4)52-49(38-42-34-44-27-17-18-28-45(44)35-42)39-43-36-46-29-19-20-30-47(46)37-43;2*1-2;/h4,41-49H,5-39H2,1-3H3;2*1-2H3;/q-1;;;. The number of ether oxygens (including phenoxy) is 2. The molecular formula is C54H101O3U-. The average molecular weight is 1040 g/mol. The molecule has 4 saturated carbocycles. The van der Waals surface area contributed by atoms with Crippen LogP contribution in [0.2, 0.25) is 0 Å². The smallest absolute Gasteiger partial charge is 0.306 e. The molecule has 0 aromatic rings. The normalized spacial score (nSPS) is 24.6. The van der Waals surface area contributed by atoms with E-state index in [4.69, 9.17) is 16.1 Å². The average Bonchev–Trinajstić information content (AvgIpc) is 3.84. The minimum absolute atomic E-state index is 0. The van der Waals surface area contributed by atoms with E-state index >= 15 is 0 Å². The van der Waals surface area contributed by atoms with E-state index in [1.807, 2.05) is 27.7 Å². The van der Waals surface area contributed by atoms with Crippen LogP contribution in [0.5, 0.6) is 0 Å². The van der Waals surface area contributed by atoms with Gasteiger partial charge in [-0.3, -0.25) is 4.79 Å². The van der Waals surface area contributed by atoms with Crippen molar-refractivity contribution < 1.29 is 45.4 Å². The van der Waals surface area contributed by atoms with Gasteiger partial charge in [-0.15, -0.1) is 0 Å². The Morgan fingerprint density at radius 2 is 0.897 bits per heavy atom. The second-order valence-electron chi connectivity index (χ2n) is 19.3. The number of carbonyl (C=O) groups is 1. The number of rotatable bonds is 30. The number of hydrogen-bond acceptors (Lipinski definition) is 3.